The lowest BCUT2D eigenvalue weighted by Gasteiger charge is -2.30. The first-order valence-corrected chi connectivity index (χ1v) is 9.70. The molecule has 0 aliphatic carbocycles. The number of anilines is 2. The quantitative estimate of drug-likeness (QED) is 0.722. The van der Waals surface area contributed by atoms with Crippen molar-refractivity contribution in [2.45, 2.75) is 6.92 Å². The highest BCUT2D eigenvalue weighted by Crippen LogP contribution is 2.28. The predicted octanol–water partition coefficient (Wildman–Crippen LogP) is 3.61. The average molecular weight is 419 g/mol. The summed E-state index contributed by atoms with van der Waals surface area (Å²) in [5, 5.41) is 3.16. The minimum absolute atomic E-state index is 0.343. The van der Waals surface area contributed by atoms with Crippen molar-refractivity contribution >= 4 is 34.9 Å². The van der Waals surface area contributed by atoms with Crippen molar-refractivity contribution in [1.82, 2.24) is 0 Å². The summed E-state index contributed by atoms with van der Waals surface area (Å²) in [6, 6.07) is 10.0. The van der Waals surface area contributed by atoms with Crippen LogP contribution in [0.5, 0.6) is 5.75 Å². The lowest BCUT2D eigenvalue weighted by Crippen LogP contribution is -2.37. The van der Waals surface area contributed by atoms with Gasteiger partial charge < -0.3 is 24.4 Å². The third-order valence-corrected chi connectivity index (χ3v) is 4.80. The minimum atomic E-state index is -0.466. The van der Waals surface area contributed by atoms with E-state index in [1.807, 2.05) is 6.92 Å². The molecule has 0 aromatic heterocycles. The van der Waals surface area contributed by atoms with Crippen LogP contribution in [-0.2, 0) is 9.47 Å². The standard InChI is InChI=1S/C21H23ClN2O5/c1-3-29-19-7-4-14(12-17(19)22)20(25)23-15-5-6-18(16(13-15)21(26)27-2)24-8-10-28-11-9-24/h4-7,12-13H,3,8-11H2,1-2H3,(H,23,25). The van der Waals surface area contributed by atoms with E-state index in [0.717, 1.165) is 5.69 Å². The van der Waals surface area contributed by atoms with Gasteiger partial charge in [0, 0.05) is 24.3 Å². The molecule has 1 saturated heterocycles. The Morgan fingerprint density at radius 2 is 1.93 bits per heavy atom. The Labute approximate surface area is 174 Å². The highest BCUT2D eigenvalue weighted by atomic mass is 35.5. The molecular formula is C21H23ClN2O5. The van der Waals surface area contributed by atoms with E-state index < -0.39 is 5.97 Å². The van der Waals surface area contributed by atoms with Gasteiger partial charge in [0.25, 0.3) is 5.91 Å². The van der Waals surface area contributed by atoms with Crippen LogP contribution in [0.4, 0.5) is 11.4 Å². The zero-order chi connectivity index (χ0) is 20.8. The second-order valence-corrected chi connectivity index (χ2v) is 6.76. The smallest absolute Gasteiger partial charge is 0.340 e. The molecule has 8 heteroatoms. The van der Waals surface area contributed by atoms with E-state index in [1.54, 1.807) is 36.4 Å². The van der Waals surface area contributed by atoms with Gasteiger partial charge in [0.1, 0.15) is 5.75 Å². The van der Waals surface area contributed by atoms with Crippen LogP contribution in [0.1, 0.15) is 27.6 Å². The van der Waals surface area contributed by atoms with Gasteiger partial charge in [-0.3, -0.25) is 4.79 Å². The molecule has 3 rings (SSSR count). The minimum Gasteiger partial charge on any atom is -0.492 e. The normalized spacial score (nSPS) is 13.7. The highest BCUT2D eigenvalue weighted by molar-refractivity contribution is 6.32. The zero-order valence-electron chi connectivity index (χ0n) is 16.4. The van der Waals surface area contributed by atoms with Gasteiger partial charge in [-0.1, -0.05) is 11.6 Å². The maximum atomic E-state index is 12.6. The summed E-state index contributed by atoms with van der Waals surface area (Å²) in [6.07, 6.45) is 0. The number of ether oxygens (including phenoxy) is 3. The van der Waals surface area contributed by atoms with Crippen LogP contribution in [0.2, 0.25) is 5.02 Å². The number of benzene rings is 2. The average Bonchev–Trinajstić information content (AvgIpc) is 2.75. The summed E-state index contributed by atoms with van der Waals surface area (Å²) in [5.74, 6) is -0.287. The summed E-state index contributed by atoms with van der Waals surface area (Å²) in [7, 11) is 1.33. The van der Waals surface area contributed by atoms with E-state index in [4.69, 9.17) is 25.8 Å². The molecule has 154 valence electrons. The highest BCUT2D eigenvalue weighted by Gasteiger charge is 2.20. The number of hydrogen-bond donors (Lipinski definition) is 1. The summed E-state index contributed by atoms with van der Waals surface area (Å²) >= 11 is 6.17. The molecular weight excluding hydrogens is 396 g/mol. The number of nitrogens with zero attached hydrogens (tertiary/aromatic N) is 1. The monoisotopic (exact) mass is 418 g/mol. The number of morpholine rings is 1. The summed E-state index contributed by atoms with van der Waals surface area (Å²) in [4.78, 5) is 27.0. The Morgan fingerprint density at radius 3 is 2.59 bits per heavy atom. The fourth-order valence-corrected chi connectivity index (χ4v) is 3.32. The van der Waals surface area contributed by atoms with Crippen LogP contribution in [0.3, 0.4) is 0 Å². The summed E-state index contributed by atoms with van der Waals surface area (Å²) in [5.41, 5.74) is 2.01. The molecule has 7 nitrogen and oxygen atoms in total. The fourth-order valence-electron chi connectivity index (χ4n) is 3.09. The van der Waals surface area contributed by atoms with Crippen molar-refractivity contribution in [2.75, 3.05) is 50.2 Å². The maximum Gasteiger partial charge on any atom is 0.340 e. The largest absolute Gasteiger partial charge is 0.492 e. The van der Waals surface area contributed by atoms with Crippen LogP contribution in [0.25, 0.3) is 0 Å². The predicted molar refractivity (Wildman–Crippen MR) is 111 cm³/mol. The van der Waals surface area contributed by atoms with Crippen LogP contribution in [0.15, 0.2) is 36.4 Å². The Kier molecular flexibility index (Phi) is 6.95. The van der Waals surface area contributed by atoms with E-state index in [0.29, 0.717) is 60.5 Å². The van der Waals surface area contributed by atoms with Gasteiger partial charge in [0.2, 0.25) is 0 Å². The Bertz CT molecular complexity index is 897. The number of carbonyl (C=O) groups excluding carboxylic acids is 2. The van der Waals surface area contributed by atoms with Gasteiger partial charge in [0.05, 0.1) is 43.2 Å². The first-order chi connectivity index (χ1) is 14.0. The lowest BCUT2D eigenvalue weighted by molar-refractivity contribution is 0.0600. The SMILES string of the molecule is CCOc1ccc(C(=O)Nc2ccc(N3CCOCC3)c(C(=O)OC)c2)cc1Cl. The number of hydrogen-bond acceptors (Lipinski definition) is 6. The molecule has 2 aromatic carbocycles. The van der Waals surface area contributed by atoms with E-state index >= 15 is 0 Å². The molecule has 29 heavy (non-hydrogen) atoms. The van der Waals surface area contributed by atoms with Gasteiger partial charge in [-0.25, -0.2) is 4.79 Å². The maximum absolute atomic E-state index is 12.6. The van der Waals surface area contributed by atoms with E-state index in [2.05, 4.69) is 10.2 Å². The van der Waals surface area contributed by atoms with Gasteiger partial charge in [-0.15, -0.1) is 0 Å². The Hall–Kier alpha value is -2.77. The van der Waals surface area contributed by atoms with Crippen molar-refractivity contribution in [3.63, 3.8) is 0 Å². The first kappa shape index (κ1) is 21.0. The topological polar surface area (TPSA) is 77.1 Å². The molecule has 1 heterocycles. The number of amides is 1. The third kappa shape index (κ3) is 4.99. The fraction of sp³-hybridized carbons (Fsp3) is 0.333. The second kappa shape index (κ2) is 9.62. The molecule has 1 aliphatic heterocycles. The Balaban J connectivity index is 1.82. The van der Waals surface area contributed by atoms with E-state index in [-0.39, 0.29) is 5.91 Å². The van der Waals surface area contributed by atoms with Crippen LogP contribution >= 0.6 is 11.6 Å². The molecule has 0 unspecified atom stereocenters. The molecule has 0 saturated carbocycles. The van der Waals surface area contributed by atoms with E-state index in [9.17, 15) is 9.59 Å². The van der Waals surface area contributed by atoms with Gasteiger partial charge >= 0.3 is 5.97 Å². The van der Waals surface area contributed by atoms with Crippen molar-refractivity contribution in [3.8, 4) is 5.75 Å². The van der Waals surface area contributed by atoms with Gasteiger partial charge in [-0.05, 0) is 43.3 Å². The number of esters is 1. The van der Waals surface area contributed by atoms with Crippen molar-refractivity contribution in [2.24, 2.45) is 0 Å². The number of carbonyl (C=O) groups is 2. The third-order valence-electron chi connectivity index (χ3n) is 4.51. The summed E-state index contributed by atoms with van der Waals surface area (Å²) < 4.78 is 15.7. The van der Waals surface area contributed by atoms with Gasteiger partial charge in [-0.2, -0.15) is 0 Å². The van der Waals surface area contributed by atoms with Crippen molar-refractivity contribution in [1.29, 1.82) is 0 Å². The van der Waals surface area contributed by atoms with Crippen LogP contribution < -0.4 is 15.0 Å². The molecule has 1 aliphatic rings. The van der Waals surface area contributed by atoms with Gasteiger partial charge in [0.15, 0.2) is 0 Å². The molecule has 2 aromatic rings. The molecule has 0 radical (unpaired) electrons. The molecule has 1 N–H and O–H groups in total. The number of nitrogens with one attached hydrogen (secondary N) is 1. The molecule has 0 bridgehead atoms. The van der Waals surface area contributed by atoms with E-state index in [1.165, 1.54) is 7.11 Å². The zero-order valence-corrected chi connectivity index (χ0v) is 17.1. The van der Waals surface area contributed by atoms with Crippen molar-refractivity contribution in [3.05, 3.63) is 52.5 Å². The lowest BCUT2D eigenvalue weighted by atomic mass is 10.1. The molecule has 1 amide bonds. The van der Waals surface area contributed by atoms with Crippen LogP contribution in [0, 0.1) is 0 Å². The molecule has 0 spiro atoms. The number of methoxy groups -OCH3 is 1. The number of rotatable bonds is 6. The van der Waals surface area contributed by atoms with Crippen LogP contribution in [-0.4, -0.2) is 51.9 Å². The first-order valence-electron chi connectivity index (χ1n) is 9.32. The Morgan fingerprint density at radius 1 is 1.17 bits per heavy atom. The molecule has 1 fully saturated rings. The number of halogens is 1. The molecule has 0 atom stereocenters. The van der Waals surface area contributed by atoms with Crippen molar-refractivity contribution < 1.29 is 23.8 Å². The second-order valence-electron chi connectivity index (χ2n) is 6.36. The summed E-state index contributed by atoms with van der Waals surface area (Å²) in [6.45, 7) is 4.89.